The molecule has 5 nitrogen and oxygen atoms in total. The third-order valence-electron chi connectivity index (χ3n) is 4.31. The SMILES string of the molecule is CCN(c1ccc2[nH]nc(NC(=O)Cc3ccccc3)c2c1)C(C)C. The highest BCUT2D eigenvalue weighted by molar-refractivity contribution is 6.01. The smallest absolute Gasteiger partial charge is 0.230 e. The van der Waals surface area contributed by atoms with Gasteiger partial charge in [0, 0.05) is 23.7 Å². The zero-order chi connectivity index (χ0) is 17.8. The molecule has 25 heavy (non-hydrogen) atoms. The highest BCUT2D eigenvalue weighted by Crippen LogP contribution is 2.27. The molecule has 0 fully saturated rings. The number of hydrogen-bond donors (Lipinski definition) is 2. The molecule has 130 valence electrons. The maximum absolute atomic E-state index is 12.3. The summed E-state index contributed by atoms with van der Waals surface area (Å²) in [5.74, 6) is 0.513. The summed E-state index contributed by atoms with van der Waals surface area (Å²) in [7, 11) is 0. The van der Waals surface area contributed by atoms with Crippen molar-refractivity contribution in [2.75, 3.05) is 16.8 Å². The predicted octanol–water partition coefficient (Wildman–Crippen LogP) is 3.98. The van der Waals surface area contributed by atoms with Crippen LogP contribution < -0.4 is 10.2 Å². The number of rotatable bonds is 6. The van der Waals surface area contributed by atoms with Gasteiger partial charge in [0.1, 0.15) is 0 Å². The second kappa shape index (κ2) is 7.38. The van der Waals surface area contributed by atoms with Crippen molar-refractivity contribution in [2.45, 2.75) is 33.2 Å². The number of benzene rings is 2. The van der Waals surface area contributed by atoms with E-state index in [1.807, 2.05) is 36.4 Å². The molecule has 1 amide bonds. The number of aromatic nitrogens is 2. The van der Waals surface area contributed by atoms with Gasteiger partial charge in [-0.3, -0.25) is 9.89 Å². The van der Waals surface area contributed by atoms with Crippen molar-refractivity contribution in [1.82, 2.24) is 10.2 Å². The molecule has 2 N–H and O–H groups in total. The number of carbonyl (C=O) groups is 1. The lowest BCUT2D eigenvalue weighted by Gasteiger charge is -2.27. The molecular formula is C20H24N4O. The van der Waals surface area contributed by atoms with E-state index in [0.717, 1.165) is 28.7 Å². The number of carbonyl (C=O) groups excluding carboxylic acids is 1. The van der Waals surface area contributed by atoms with Crippen LogP contribution in [0.4, 0.5) is 11.5 Å². The third kappa shape index (κ3) is 3.82. The van der Waals surface area contributed by atoms with Crippen LogP contribution in [0, 0.1) is 0 Å². The standard InChI is InChI=1S/C20H24N4O/c1-4-24(14(2)3)16-10-11-18-17(13-16)20(23-22-18)21-19(25)12-15-8-6-5-7-9-15/h5-11,13-14H,4,12H2,1-3H3,(H2,21,22,23,25). The van der Waals surface area contributed by atoms with Crippen molar-refractivity contribution in [1.29, 1.82) is 0 Å². The summed E-state index contributed by atoms with van der Waals surface area (Å²) in [5, 5.41) is 11.1. The van der Waals surface area contributed by atoms with Gasteiger partial charge in [-0.1, -0.05) is 30.3 Å². The van der Waals surface area contributed by atoms with Crippen molar-refractivity contribution in [3.05, 3.63) is 54.1 Å². The summed E-state index contributed by atoms with van der Waals surface area (Å²) in [6.45, 7) is 7.41. The number of nitrogens with one attached hydrogen (secondary N) is 2. The maximum Gasteiger partial charge on any atom is 0.230 e. The van der Waals surface area contributed by atoms with Gasteiger partial charge < -0.3 is 10.2 Å². The lowest BCUT2D eigenvalue weighted by atomic mass is 10.1. The lowest BCUT2D eigenvalue weighted by Crippen LogP contribution is -2.30. The molecule has 1 heterocycles. The van der Waals surface area contributed by atoms with Crippen LogP contribution in [0.15, 0.2) is 48.5 Å². The zero-order valence-corrected chi connectivity index (χ0v) is 14.9. The molecule has 0 saturated carbocycles. The third-order valence-corrected chi connectivity index (χ3v) is 4.31. The van der Waals surface area contributed by atoms with Crippen molar-refractivity contribution in [3.63, 3.8) is 0 Å². The first-order valence-corrected chi connectivity index (χ1v) is 8.67. The summed E-state index contributed by atoms with van der Waals surface area (Å²) >= 11 is 0. The number of amides is 1. The fourth-order valence-electron chi connectivity index (χ4n) is 3.08. The van der Waals surface area contributed by atoms with E-state index in [1.165, 1.54) is 0 Å². The Labute approximate surface area is 148 Å². The van der Waals surface area contributed by atoms with Gasteiger partial charge in [-0.05, 0) is 44.5 Å². The maximum atomic E-state index is 12.3. The van der Waals surface area contributed by atoms with Gasteiger partial charge in [0.15, 0.2) is 5.82 Å². The van der Waals surface area contributed by atoms with Crippen LogP contribution >= 0.6 is 0 Å². The van der Waals surface area contributed by atoms with Crippen LogP contribution in [0.25, 0.3) is 10.9 Å². The minimum atomic E-state index is -0.0683. The molecule has 0 radical (unpaired) electrons. The van der Waals surface area contributed by atoms with Gasteiger partial charge in [0.05, 0.1) is 11.9 Å². The second-order valence-corrected chi connectivity index (χ2v) is 6.39. The van der Waals surface area contributed by atoms with Gasteiger partial charge in [0.25, 0.3) is 0 Å². The number of anilines is 2. The Morgan fingerprint density at radius 1 is 1.20 bits per heavy atom. The van der Waals surface area contributed by atoms with E-state index in [9.17, 15) is 4.79 Å². The summed E-state index contributed by atoms with van der Waals surface area (Å²) in [6.07, 6.45) is 0.335. The van der Waals surface area contributed by atoms with Gasteiger partial charge in [-0.25, -0.2) is 0 Å². The summed E-state index contributed by atoms with van der Waals surface area (Å²) < 4.78 is 0. The first kappa shape index (κ1) is 17.0. The molecule has 1 aromatic heterocycles. The van der Waals surface area contributed by atoms with Crippen LogP contribution in [-0.2, 0) is 11.2 Å². The lowest BCUT2D eigenvalue weighted by molar-refractivity contribution is -0.115. The molecule has 0 bridgehead atoms. The molecular weight excluding hydrogens is 312 g/mol. The first-order valence-electron chi connectivity index (χ1n) is 8.67. The normalized spacial score (nSPS) is 11.0. The Hall–Kier alpha value is -2.82. The fraction of sp³-hybridized carbons (Fsp3) is 0.300. The van der Waals surface area contributed by atoms with E-state index >= 15 is 0 Å². The summed E-state index contributed by atoms with van der Waals surface area (Å²) in [5.41, 5.74) is 3.03. The minimum Gasteiger partial charge on any atom is -0.369 e. The molecule has 3 rings (SSSR count). The zero-order valence-electron chi connectivity index (χ0n) is 14.9. The highest BCUT2D eigenvalue weighted by atomic mass is 16.1. The average molecular weight is 336 g/mol. The summed E-state index contributed by atoms with van der Waals surface area (Å²) in [6, 6.07) is 16.3. The molecule has 0 aliphatic heterocycles. The Balaban J connectivity index is 1.83. The van der Waals surface area contributed by atoms with Gasteiger partial charge >= 0.3 is 0 Å². The van der Waals surface area contributed by atoms with Crippen LogP contribution in [-0.4, -0.2) is 28.7 Å². The Kier molecular flexibility index (Phi) is 5.03. The number of H-pyrrole nitrogens is 1. The fourth-order valence-corrected chi connectivity index (χ4v) is 3.08. The average Bonchev–Trinajstić information content (AvgIpc) is 2.98. The van der Waals surface area contributed by atoms with Gasteiger partial charge in [-0.15, -0.1) is 0 Å². The van der Waals surface area contributed by atoms with E-state index in [4.69, 9.17) is 0 Å². The van der Waals surface area contributed by atoms with Crippen LogP contribution in [0.1, 0.15) is 26.3 Å². The minimum absolute atomic E-state index is 0.0683. The molecule has 2 aromatic carbocycles. The molecule has 0 spiro atoms. The molecule has 0 saturated heterocycles. The molecule has 0 aliphatic carbocycles. The van der Waals surface area contributed by atoms with Crippen LogP contribution in [0.2, 0.25) is 0 Å². The van der Waals surface area contributed by atoms with Crippen molar-refractivity contribution >= 4 is 28.3 Å². The second-order valence-electron chi connectivity index (χ2n) is 6.39. The van der Waals surface area contributed by atoms with Gasteiger partial charge in [-0.2, -0.15) is 5.10 Å². The first-order chi connectivity index (χ1) is 12.1. The van der Waals surface area contributed by atoms with Gasteiger partial charge in [0.2, 0.25) is 5.91 Å². The van der Waals surface area contributed by atoms with E-state index in [2.05, 4.69) is 53.3 Å². The van der Waals surface area contributed by atoms with E-state index < -0.39 is 0 Å². The van der Waals surface area contributed by atoms with E-state index in [-0.39, 0.29) is 5.91 Å². The number of fused-ring (bicyclic) bond motifs is 1. The number of hydrogen-bond acceptors (Lipinski definition) is 3. The quantitative estimate of drug-likeness (QED) is 0.716. The molecule has 0 atom stereocenters. The molecule has 0 aliphatic rings. The number of nitrogens with zero attached hydrogens (tertiary/aromatic N) is 2. The summed E-state index contributed by atoms with van der Waals surface area (Å²) in [4.78, 5) is 14.6. The molecule has 5 heteroatoms. The Morgan fingerprint density at radius 2 is 1.96 bits per heavy atom. The van der Waals surface area contributed by atoms with Crippen molar-refractivity contribution < 1.29 is 4.79 Å². The highest BCUT2D eigenvalue weighted by Gasteiger charge is 2.13. The van der Waals surface area contributed by atoms with E-state index in [0.29, 0.717) is 18.3 Å². The number of aromatic amines is 1. The van der Waals surface area contributed by atoms with Crippen LogP contribution in [0.3, 0.4) is 0 Å². The van der Waals surface area contributed by atoms with Crippen LogP contribution in [0.5, 0.6) is 0 Å². The van der Waals surface area contributed by atoms with Crippen molar-refractivity contribution in [3.8, 4) is 0 Å². The Morgan fingerprint density at radius 3 is 2.64 bits per heavy atom. The largest absolute Gasteiger partial charge is 0.369 e. The molecule has 0 unspecified atom stereocenters. The molecule has 3 aromatic rings. The Bertz CT molecular complexity index is 855. The van der Waals surface area contributed by atoms with Crippen molar-refractivity contribution in [2.24, 2.45) is 0 Å². The monoisotopic (exact) mass is 336 g/mol. The van der Waals surface area contributed by atoms with E-state index in [1.54, 1.807) is 0 Å². The predicted molar refractivity (Wildman–Crippen MR) is 103 cm³/mol. The topological polar surface area (TPSA) is 61.0 Å².